The van der Waals surface area contributed by atoms with E-state index in [0.29, 0.717) is 6.54 Å². The van der Waals surface area contributed by atoms with Gasteiger partial charge in [-0.15, -0.1) is 0 Å². The first-order valence-electron chi connectivity index (χ1n) is 7.51. The molecule has 1 aliphatic heterocycles. The van der Waals surface area contributed by atoms with Gasteiger partial charge >= 0.3 is 0 Å². The molecule has 0 radical (unpaired) electrons. The molecule has 1 aromatic carbocycles. The third-order valence-electron chi connectivity index (χ3n) is 4.07. The third-order valence-corrected chi connectivity index (χ3v) is 4.07. The van der Waals surface area contributed by atoms with Gasteiger partial charge in [0.25, 0.3) is 0 Å². The van der Waals surface area contributed by atoms with Crippen LogP contribution in [0.5, 0.6) is 0 Å². The minimum absolute atomic E-state index is 0.572. The van der Waals surface area contributed by atoms with E-state index < -0.39 is 0 Å². The highest BCUT2D eigenvalue weighted by Crippen LogP contribution is 2.20. The zero-order valence-electron chi connectivity index (χ0n) is 12.3. The van der Waals surface area contributed by atoms with Crippen molar-refractivity contribution in [1.82, 2.24) is 9.88 Å². The first kappa shape index (κ1) is 14.0. The topological polar surface area (TPSA) is 45.4 Å². The number of aromatic nitrogens is 1. The standard InChI is InChI=1S/C17H22N4/c18-12-16-6-7-19-13-17(16)21-10-8-20(9-11-21)14-15-4-2-1-3-5-15/h1-7,13H,8-12,14,18H2. The third kappa shape index (κ3) is 3.40. The summed E-state index contributed by atoms with van der Waals surface area (Å²) in [6.07, 6.45) is 3.76. The van der Waals surface area contributed by atoms with Gasteiger partial charge in [-0.3, -0.25) is 9.88 Å². The summed E-state index contributed by atoms with van der Waals surface area (Å²) in [6.45, 7) is 5.83. The molecule has 1 fully saturated rings. The number of benzene rings is 1. The summed E-state index contributed by atoms with van der Waals surface area (Å²) in [5.74, 6) is 0. The molecule has 110 valence electrons. The molecule has 1 saturated heterocycles. The van der Waals surface area contributed by atoms with Crippen molar-refractivity contribution in [2.75, 3.05) is 31.1 Å². The fourth-order valence-electron chi connectivity index (χ4n) is 2.86. The normalized spacial score (nSPS) is 16.1. The summed E-state index contributed by atoms with van der Waals surface area (Å²) in [5, 5.41) is 0. The maximum absolute atomic E-state index is 5.82. The molecule has 1 aromatic heterocycles. The van der Waals surface area contributed by atoms with Gasteiger partial charge in [-0.1, -0.05) is 30.3 Å². The average molecular weight is 282 g/mol. The van der Waals surface area contributed by atoms with Crippen molar-refractivity contribution in [3.05, 3.63) is 59.9 Å². The van der Waals surface area contributed by atoms with E-state index in [9.17, 15) is 0 Å². The van der Waals surface area contributed by atoms with Gasteiger partial charge in [0, 0.05) is 45.5 Å². The van der Waals surface area contributed by atoms with E-state index in [-0.39, 0.29) is 0 Å². The van der Waals surface area contributed by atoms with Crippen LogP contribution in [0, 0.1) is 0 Å². The minimum Gasteiger partial charge on any atom is -0.367 e. The van der Waals surface area contributed by atoms with Crippen LogP contribution in [-0.2, 0) is 13.1 Å². The predicted octanol–water partition coefficient (Wildman–Crippen LogP) is 1.86. The highest BCUT2D eigenvalue weighted by Gasteiger charge is 2.18. The van der Waals surface area contributed by atoms with Gasteiger partial charge in [0.2, 0.25) is 0 Å². The van der Waals surface area contributed by atoms with Gasteiger partial charge in [-0.2, -0.15) is 0 Å². The van der Waals surface area contributed by atoms with Gasteiger partial charge in [-0.25, -0.2) is 0 Å². The number of anilines is 1. The molecule has 2 N–H and O–H groups in total. The summed E-state index contributed by atoms with van der Waals surface area (Å²) in [6, 6.07) is 12.7. The molecular formula is C17H22N4. The minimum atomic E-state index is 0.572. The maximum atomic E-state index is 5.82. The second-order valence-corrected chi connectivity index (χ2v) is 5.46. The van der Waals surface area contributed by atoms with Crippen LogP contribution >= 0.6 is 0 Å². The van der Waals surface area contributed by atoms with Gasteiger partial charge in [0.1, 0.15) is 0 Å². The van der Waals surface area contributed by atoms with Crippen molar-refractivity contribution in [3.8, 4) is 0 Å². The fraction of sp³-hybridized carbons (Fsp3) is 0.353. The highest BCUT2D eigenvalue weighted by molar-refractivity contribution is 5.52. The van der Waals surface area contributed by atoms with E-state index in [1.807, 2.05) is 18.5 Å². The Bertz CT molecular complexity index is 562. The zero-order valence-corrected chi connectivity index (χ0v) is 12.3. The van der Waals surface area contributed by atoms with Crippen LogP contribution in [0.1, 0.15) is 11.1 Å². The Balaban J connectivity index is 1.60. The highest BCUT2D eigenvalue weighted by atomic mass is 15.3. The lowest BCUT2D eigenvalue weighted by Crippen LogP contribution is -2.46. The van der Waals surface area contributed by atoms with Crippen LogP contribution in [0.25, 0.3) is 0 Å². The monoisotopic (exact) mass is 282 g/mol. The Kier molecular flexibility index (Phi) is 4.48. The van der Waals surface area contributed by atoms with Crippen molar-refractivity contribution in [3.63, 3.8) is 0 Å². The van der Waals surface area contributed by atoms with Crippen LogP contribution < -0.4 is 10.6 Å². The molecule has 0 unspecified atom stereocenters. The lowest BCUT2D eigenvalue weighted by Gasteiger charge is -2.36. The Hall–Kier alpha value is -1.91. The second kappa shape index (κ2) is 6.70. The largest absolute Gasteiger partial charge is 0.367 e. The van der Waals surface area contributed by atoms with Crippen LogP contribution in [0.15, 0.2) is 48.8 Å². The van der Waals surface area contributed by atoms with E-state index in [0.717, 1.165) is 32.7 Å². The second-order valence-electron chi connectivity index (χ2n) is 5.46. The summed E-state index contributed by atoms with van der Waals surface area (Å²) in [5.41, 5.74) is 9.58. The first-order valence-corrected chi connectivity index (χ1v) is 7.51. The Morgan fingerprint density at radius 1 is 1.00 bits per heavy atom. The number of nitrogens with zero attached hydrogens (tertiary/aromatic N) is 3. The molecule has 0 atom stereocenters. The zero-order chi connectivity index (χ0) is 14.5. The Morgan fingerprint density at radius 3 is 2.48 bits per heavy atom. The molecule has 1 aliphatic rings. The van der Waals surface area contributed by atoms with Crippen molar-refractivity contribution in [2.45, 2.75) is 13.1 Å². The van der Waals surface area contributed by atoms with Crippen molar-refractivity contribution in [2.24, 2.45) is 5.73 Å². The molecule has 3 rings (SSSR count). The maximum Gasteiger partial charge on any atom is 0.0599 e. The van der Waals surface area contributed by atoms with Crippen LogP contribution in [-0.4, -0.2) is 36.1 Å². The van der Waals surface area contributed by atoms with E-state index >= 15 is 0 Å². The number of pyridine rings is 1. The lowest BCUT2D eigenvalue weighted by atomic mass is 10.1. The summed E-state index contributed by atoms with van der Waals surface area (Å²) in [4.78, 5) is 9.15. The van der Waals surface area contributed by atoms with E-state index in [2.05, 4.69) is 45.1 Å². The van der Waals surface area contributed by atoms with Crippen LogP contribution in [0.2, 0.25) is 0 Å². The van der Waals surface area contributed by atoms with Gasteiger partial charge in [0.15, 0.2) is 0 Å². The molecule has 0 aliphatic carbocycles. The van der Waals surface area contributed by atoms with Crippen LogP contribution in [0.4, 0.5) is 5.69 Å². The molecule has 0 spiro atoms. The molecular weight excluding hydrogens is 260 g/mol. The molecule has 0 saturated carbocycles. The van der Waals surface area contributed by atoms with E-state index in [1.165, 1.54) is 16.8 Å². The quantitative estimate of drug-likeness (QED) is 0.930. The van der Waals surface area contributed by atoms with Crippen molar-refractivity contribution in [1.29, 1.82) is 0 Å². The number of rotatable bonds is 4. The van der Waals surface area contributed by atoms with E-state index in [4.69, 9.17) is 5.73 Å². The smallest absolute Gasteiger partial charge is 0.0599 e. The molecule has 4 heteroatoms. The number of hydrogen-bond donors (Lipinski definition) is 1. The first-order chi connectivity index (χ1) is 10.4. The molecule has 0 amide bonds. The fourth-order valence-corrected chi connectivity index (χ4v) is 2.86. The van der Waals surface area contributed by atoms with Crippen LogP contribution in [0.3, 0.4) is 0 Å². The SMILES string of the molecule is NCc1ccncc1N1CCN(Cc2ccccc2)CC1. The number of nitrogens with two attached hydrogens (primary N) is 1. The van der Waals surface area contributed by atoms with Crippen molar-refractivity contribution >= 4 is 5.69 Å². The van der Waals surface area contributed by atoms with Gasteiger partial charge < -0.3 is 10.6 Å². The Labute approximate surface area is 126 Å². The van der Waals surface area contributed by atoms with Gasteiger partial charge in [0.05, 0.1) is 11.9 Å². The number of piperazine rings is 1. The lowest BCUT2D eigenvalue weighted by molar-refractivity contribution is 0.249. The molecule has 2 heterocycles. The predicted molar refractivity (Wildman–Crippen MR) is 86.1 cm³/mol. The molecule has 2 aromatic rings. The molecule has 21 heavy (non-hydrogen) atoms. The van der Waals surface area contributed by atoms with Crippen molar-refractivity contribution < 1.29 is 0 Å². The average Bonchev–Trinajstić information content (AvgIpc) is 2.56. The van der Waals surface area contributed by atoms with Gasteiger partial charge in [-0.05, 0) is 17.2 Å². The molecule has 0 bridgehead atoms. The number of hydrogen-bond acceptors (Lipinski definition) is 4. The summed E-state index contributed by atoms with van der Waals surface area (Å²) >= 11 is 0. The van der Waals surface area contributed by atoms with E-state index in [1.54, 1.807) is 0 Å². The Morgan fingerprint density at radius 2 is 1.76 bits per heavy atom. The molecule has 4 nitrogen and oxygen atoms in total. The summed E-state index contributed by atoms with van der Waals surface area (Å²) in [7, 11) is 0. The summed E-state index contributed by atoms with van der Waals surface area (Å²) < 4.78 is 0.